The van der Waals surface area contributed by atoms with E-state index < -0.39 is 27.5 Å². The Morgan fingerprint density at radius 1 is 1.02 bits per heavy atom. The molecular weight excluding hydrogens is 577 g/mol. The SMILES string of the molecule is C/C(=C\c1ccc2c(c1)N(S(=O)(=O)c1cccc(C)c1)C[C@@H]1CN(C(=O)OC(C)(C)C)CCN21)c1c(F)cccc1Cl. The first-order valence-electron chi connectivity index (χ1n) is 13.9. The van der Waals surface area contributed by atoms with E-state index in [4.69, 9.17) is 16.3 Å². The third-order valence-corrected chi connectivity index (χ3v) is 9.50. The highest BCUT2D eigenvalue weighted by atomic mass is 35.5. The standard InChI is InChI=1S/C32H35ClFN3O4S/c1-21-8-6-9-25(16-21)42(39,40)37-20-24-19-35(31(38)41-32(3,4)5)14-15-36(24)28-13-12-23(18-29(28)37)17-22(2)30-26(33)10-7-11-27(30)34/h6-13,16-18,24H,14-15,19-20H2,1-5H3/b22-17+/t24-/m0/s1. The van der Waals surface area contributed by atoms with E-state index in [1.807, 2.05) is 52.0 Å². The molecule has 0 N–H and O–H groups in total. The summed E-state index contributed by atoms with van der Waals surface area (Å²) in [5.74, 6) is -0.427. The summed E-state index contributed by atoms with van der Waals surface area (Å²) >= 11 is 6.30. The van der Waals surface area contributed by atoms with Crippen LogP contribution in [-0.2, 0) is 14.8 Å². The Morgan fingerprint density at radius 2 is 1.76 bits per heavy atom. The Labute approximate surface area is 252 Å². The number of allylic oxidation sites excluding steroid dienone is 1. The topological polar surface area (TPSA) is 70.2 Å². The van der Waals surface area contributed by atoms with Crippen LogP contribution in [0.25, 0.3) is 11.6 Å². The lowest BCUT2D eigenvalue weighted by Crippen LogP contribution is -2.61. The molecule has 3 aromatic rings. The summed E-state index contributed by atoms with van der Waals surface area (Å²) in [4.78, 5) is 16.9. The first kappa shape index (κ1) is 29.9. The van der Waals surface area contributed by atoms with E-state index in [0.717, 1.165) is 11.3 Å². The van der Waals surface area contributed by atoms with Gasteiger partial charge in [0.2, 0.25) is 0 Å². The number of aryl methyl sites for hydroxylation is 1. The molecule has 5 rings (SSSR count). The number of ether oxygens (including phenoxy) is 1. The van der Waals surface area contributed by atoms with Crippen molar-refractivity contribution in [3.05, 3.63) is 88.2 Å². The number of fused-ring (bicyclic) bond motifs is 3. The fourth-order valence-electron chi connectivity index (χ4n) is 5.51. The molecule has 1 amide bonds. The monoisotopic (exact) mass is 611 g/mol. The fourth-order valence-corrected chi connectivity index (χ4v) is 7.44. The van der Waals surface area contributed by atoms with Crippen LogP contribution in [0.1, 0.15) is 44.4 Å². The van der Waals surface area contributed by atoms with E-state index in [9.17, 15) is 17.6 Å². The van der Waals surface area contributed by atoms with Crippen LogP contribution >= 0.6 is 11.6 Å². The summed E-state index contributed by atoms with van der Waals surface area (Å²) in [6.07, 6.45) is 1.39. The molecule has 0 saturated carbocycles. The first-order valence-corrected chi connectivity index (χ1v) is 15.7. The molecule has 7 nitrogen and oxygen atoms in total. The lowest BCUT2D eigenvalue weighted by Gasteiger charge is -2.49. The normalized spacial score (nSPS) is 17.5. The largest absolute Gasteiger partial charge is 0.444 e. The van der Waals surface area contributed by atoms with Crippen molar-refractivity contribution in [1.82, 2.24) is 4.90 Å². The maximum Gasteiger partial charge on any atom is 0.410 e. The molecule has 1 atom stereocenters. The minimum absolute atomic E-state index is 0.147. The van der Waals surface area contributed by atoms with Crippen LogP contribution in [0.5, 0.6) is 0 Å². The number of amides is 1. The molecule has 42 heavy (non-hydrogen) atoms. The second kappa shape index (κ2) is 11.3. The van der Waals surface area contributed by atoms with Crippen molar-refractivity contribution >= 4 is 50.7 Å². The van der Waals surface area contributed by atoms with Crippen molar-refractivity contribution in [2.45, 2.75) is 51.2 Å². The highest BCUT2D eigenvalue weighted by molar-refractivity contribution is 7.92. The van der Waals surface area contributed by atoms with Crippen molar-refractivity contribution in [2.24, 2.45) is 0 Å². The van der Waals surface area contributed by atoms with Crippen LogP contribution in [0.15, 0.2) is 65.6 Å². The van der Waals surface area contributed by atoms with Crippen molar-refractivity contribution < 1.29 is 22.3 Å². The first-order chi connectivity index (χ1) is 19.7. The predicted octanol–water partition coefficient (Wildman–Crippen LogP) is 6.98. The van der Waals surface area contributed by atoms with Gasteiger partial charge in [0.05, 0.1) is 33.9 Å². The molecular formula is C32H35ClFN3O4S. The summed E-state index contributed by atoms with van der Waals surface area (Å²) in [6.45, 7) is 10.5. The predicted molar refractivity (Wildman–Crippen MR) is 166 cm³/mol. The molecule has 10 heteroatoms. The average Bonchev–Trinajstić information content (AvgIpc) is 2.91. The van der Waals surface area contributed by atoms with Crippen LogP contribution in [-0.4, -0.2) is 57.2 Å². The average molecular weight is 612 g/mol. The number of carbonyl (C=O) groups excluding carboxylic acids is 1. The van der Waals surface area contributed by atoms with Gasteiger partial charge in [-0.05, 0) is 87.7 Å². The number of rotatable bonds is 4. The maximum atomic E-state index is 14.6. The summed E-state index contributed by atoms with van der Waals surface area (Å²) in [5, 5.41) is 0.302. The third kappa shape index (κ3) is 5.99. The van der Waals surface area contributed by atoms with Crippen LogP contribution in [0, 0.1) is 12.7 Å². The number of sulfonamides is 1. The van der Waals surface area contributed by atoms with Crippen LogP contribution in [0.3, 0.4) is 0 Å². The quantitative estimate of drug-likeness (QED) is 0.298. The Kier molecular flexibility index (Phi) is 8.02. The summed E-state index contributed by atoms with van der Waals surface area (Å²) < 4.78 is 49.9. The van der Waals surface area contributed by atoms with Gasteiger partial charge in [0.1, 0.15) is 11.4 Å². The Hall–Kier alpha value is -3.56. The highest BCUT2D eigenvalue weighted by Gasteiger charge is 2.41. The smallest absolute Gasteiger partial charge is 0.410 e. The van der Waals surface area contributed by atoms with Gasteiger partial charge in [-0.15, -0.1) is 0 Å². The van der Waals surface area contributed by atoms with Crippen molar-refractivity contribution in [3.8, 4) is 0 Å². The van der Waals surface area contributed by atoms with Crippen LogP contribution in [0.2, 0.25) is 5.02 Å². The van der Waals surface area contributed by atoms with Crippen molar-refractivity contribution in [1.29, 1.82) is 0 Å². The second-order valence-electron chi connectivity index (χ2n) is 11.8. The molecule has 1 saturated heterocycles. The summed E-state index contributed by atoms with van der Waals surface area (Å²) in [6, 6.07) is 16.7. The number of piperazine rings is 1. The molecule has 0 bridgehead atoms. The lowest BCUT2D eigenvalue weighted by atomic mass is 10.0. The molecule has 1 fully saturated rings. The Balaban J connectivity index is 1.57. The van der Waals surface area contributed by atoms with E-state index >= 15 is 0 Å². The van der Waals surface area contributed by atoms with Crippen molar-refractivity contribution in [2.75, 3.05) is 35.4 Å². The minimum Gasteiger partial charge on any atom is -0.444 e. The molecule has 2 heterocycles. The lowest BCUT2D eigenvalue weighted by molar-refractivity contribution is 0.0216. The van der Waals surface area contributed by atoms with E-state index in [-0.39, 0.29) is 17.5 Å². The van der Waals surface area contributed by atoms with Gasteiger partial charge >= 0.3 is 6.09 Å². The van der Waals surface area contributed by atoms with Gasteiger partial charge in [0.15, 0.2) is 0 Å². The maximum absolute atomic E-state index is 14.6. The number of hydrogen-bond acceptors (Lipinski definition) is 5. The summed E-state index contributed by atoms with van der Waals surface area (Å²) in [7, 11) is -3.96. The number of halogens is 2. The molecule has 0 aromatic heterocycles. The van der Waals surface area contributed by atoms with Gasteiger partial charge in [-0.2, -0.15) is 0 Å². The molecule has 0 unspecified atom stereocenters. The van der Waals surface area contributed by atoms with E-state index in [2.05, 4.69) is 4.90 Å². The van der Waals surface area contributed by atoms with Gasteiger partial charge in [-0.25, -0.2) is 17.6 Å². The molecule has 0 spiro atoms. The molecule has 2 aliphatic rings. The van der Waals surface area contributed by atoms with Crippen LogP contribution < -0.4 is 9.21 Å². The zero-order valence-electron chi connectivity index (χ0n) is 24.4. The van der Waals surface area contributed by atoms with Gasteiger partial charge < -0.3 is 14.5 Å². The molecule has 222 valence electrons. The van der Waals surface area contributed by atoms with Gasteiger partial charge in [-0.3, -0.25) is 4.31 Å². The van der Waals surface area contributed by atoms with Gasteiger partial charge in [0, 0.05) is 25.2 Å². The van der Waals surface area contributed by atoms with E-state index in [1.54, 1.807) is 48.2 Å². The molecule has 3 aromatic carbocycles. The third-order valence-electron chi connectivity index (χ3n) is 7.41. The molecule has 0 aliphatic carbocycles. The van der Waals surface area contributed by atoms with E-state index in [1.165, 1.54) is 10.4 Å². The number of nitrogens with zero attached hydrogens (tertiary/aromatic N) is 3. The number of benzene rings is 3. The molecule has 2 aliphatic heterocycles. The minimum atomic E-state index is -3.96. The second-order valence-corrected chi connectivity index (χ2v) is 14.1. The van der Waals surface area contributed by atoms with Gasteiger partial charge in [-0.1, -0.05) is 41.9 Å². The number of hydrogen-bond donors (Lipinski definition) is 0. The van der Waals surface area contributed by atoms with E-state index in [0.29, 0.717) is 47.0 Å². The van der Waals surface area contributed by atoms with Crippen molar-refractivity contribution in [3.63, 3.8) is 0 Å². The fraction of sp³-hybridized carbons (Fsp3) is 0.344. The Bertz CT molecular complexity index is 1650. The number of carbonyl (C=O) groups is 1. The van der Waals surface area contributed by atoms with Gasteiger partial charge in [0.25, 0.3) is 10.0 Å². The zero-order valence-corrected chi connectivity index (χ0v) is 26.0. The number of anilines is 2. The van der Waals surface area contributed by atoms with Crippen LogP contribution in [0.4, 0.5) is 20.6 Å². The Morgan fingerprint density at radius 3 is 2.45 bits per heavy atom. The highest BCUT2D eigenvalue weighted by Crippen LogP contribution is 2.41. The molecule has 0 radical (unpaired) electrons. The zero-order chi connectivity index (χ0) is 30.4. The summed E-state index contributed by atoms with van der Waals surface area (Å²) in [5.41, 5.74) is 3.11.